The summed E-state index contributed by atoms with van der Waals surface area (Å²) in [5.41, 5.74) is 0.395. The summed E-state index contributed by atoms with van der Waals surface area (Å²) in [6, 6.07) is 4.64. The van der Waals surface area contributed by atoms with Crippen molar-refractivity contribution in [3.8, 4) is 0 Å². The molecule has 162 valence electrons. The number of rotatable bonds is 8. The van der Waals surface area contributed by atoms with Gasteiger partial charge >= 0.3 is 12.6 Å². The molecule has 0 saturated heterocycles. The van der Waals surface area contributed by atoms with Gasteiger partial charge in [-0.2, -0.15) is 13.2 Å². The summed E-state index contributed by atoms with van der Waals surface area (Å²) in [6.45, 7) is 0.728. The number of fused-ring (bicyclic) bond motifs is 1. The van der Waals surface area contributed by atoms with Crippen LogP contribution in [0.1, 0.15) is 37.7 Å². The number of hydrogen-bond acceptors (Lipinski definition) is 4. The Bertz CT molecular complexity index is 846. The van der Waals surface area contributed by atoms with Crippen LogP contribution >= 0.6 is 0 Å². The lowest BCUT2D eigenvalue weighted by Crippen LogP contribution is -2.38. The molecule has 1 aromatic rings. The SMILES string of the molecule is CN(CCCCCC(=O)Nc1cccc(C(F)(F)F)c1)C1OC=C2CC=CC=C2O1. The van der Waals surface area contributed by atoms with Crippen molar-refractivity contribution in [2.75, 3.05) is 18.9 Å². The molecule has 1 aromatic carbocycles. The van der Waals surface area contributed by atoms with Crippen molar-refractivity contribution < 1.29 is 27.4 Å². The van der Waals surface area contributed by atoms with Gasteiger partial charge in [-0.3, -0.25) is 4.79 Å². The minimum Gasteiger partial charge on any atom is -0.449 e. The number of halogens is 3. The number of hydrogen-bond donors (Lipinski definition) is 1. The van der Waals surface area contributed by atoms with Crippen molar-refractivity contribution >= 4 is 11.6 Å². The zero-order valence-corrected chi connectivity index (χ0v) is 16.7. The maximum atomic E-state index is 12.7. The highest BCUT2D eigenvalue weighted by Gasteiger charge is 2.30. The van der Waals surface area contributed by atoms with Crippen molar-refractivity contribution in [3.05, 3.63) is 65.7 Å². The number of carbonyl (C=O) groups excluding carboxylic acids is 1. The zero-order valence-electron chi connectivity index (χ0n) is 16.7. The van der Waals surface area contributed by atoms with Crippen molar-refractivity contribution in [2.45, 2.75) is 44.7 Å². The van der Waals surface area contributed by atoms with Crippen LogP contribution < -0.4 is 5.32 Å². The normalized spacial score (nSPS) is 18.1. The summed E-state index contributed by atoms with van der Waals surface area (Å²) in [6.07, 6.45) is 6.08. The van der Waals surface area contributed by atoms with Gasteiger partial charge in [-0.05, 0) is 50.6 Å². The van der Waals surface area contributed by atoms with Crippen LogP contribution in [0.4, 0.5) is 18.9 Å². The molecule has 1 aliphatic heterocycles. The van der Waals surface area contributed by atoms with Crippen molar-refractivity contribution in [2.24, 2.45) is 0 Å². The van der Waals surface area contributed by atoms with E-state index in [4.69, 9.17) is 9.47 Å². The van der Waals surface area contributed by atoms with Gasteiger partial charge in [0.15, 0.2) is 0 Å². The fraction of sp³-hybridized carbons (Fsp3) is 0.409. The van der Waals surface area contributed by atoms with Crippen LogP contribution in [0, 0.1) is 0 Å². The second-order valence-electron chi connectivity index (χ2n) is 7.29. The minimum atomic E-state index is -4.43. The Morgan fingerprint density at radius 3 is 2.90 bits per heavy atom. The van der Waals surface area contributed by atoms with Crippen molar-refractivity contribution in [1.82, 2.24) is 4.90 Å². The predicted molar refractivity (Wildman–Crippen MR) is 107 cm³/mol. The van der Waals surface area contributed by atoms with Crippen LogP contribution in [0.2, 0.25) is 0 Å². The number of benzene rings is 1. The maximum absolute atomic E-state index is 12.7. The second kappa shape index (κ2) is 9.84. The molecule has 8 heteroatoms. The molecule has 1 unspecified atom stereocenters. The Kier molecular flexibility index (Phi) is 7.20. The topological polar surface area (TPSA) is 50.8 Å². The van der Waals surface area contributed by atoms with E-state index in [0.717, 1.165) is 49.3 Å². The molecule has 0 bridgehead atoms. The molecule has 0 radical (unpaired) electrons. The molecule has 1 atom stereocenters. The lowest BCUT2D eigenvalue weighted by Gasteiger charge is -2.32. The van der Waals surface area contributed by atoms with Gasteiger partial charge in [0.05, 0.1) is 11.8 Å². The minimum absolute atomic E-state index is 0.153. The third kappa shape index (κ3) is 6.13. The number of amides is 1. The molecule has 0 aromatic heterocycles. The lowest BCUT2D eigenvalue weighted by atomic mass is 10.1. The van der Waals surface area contributed by atoms with Crippen molar-refractivity contribution in [1.29, 1.82) is 0 Å². The highest BCUT2D eigenvalue weighted by atomic mass is 19.4. The molecule has 1 amide bonds. The number of allylic oxidation sites excluding steroid dienone is 4. The standard InChI is InChI=1S/C22H25F3N2O3/c1-27(21-29-15-16-8-4-5-11-19(16)30-21)13-6-2-3-12-20(28)26-18-10-7-9-17(14-18)22(23,24)25/h4-5,7,9-11,14-15,21H,2-3,6,8,12-13H2,1H3,(H,26,28). The van der Waals surface area contributed by atoms with Gasteiger partial charge < -0.3 is 14.8 Å². The van der Waals surface area contributed by atoms with Gasteiger partial charge in [0, 0.05) is 24.2 Å². The average molecular weight is 422 g/mol. The smallest absolute Gasteiger partial charge is 0.416 e. The van der Waals surface area contributed by atoms with E-state index in [1.54, 1.807) is 6.26 Å². The number of nitrogens with one attached hydrogen (secondary N) is 1. The molecule has 1 N–H and O–H groups in total. The van der Waals surface area contributed by atoms with E-state index in [1.165, 1.54) is 12.1 Å². The number of alkyl halides is 3. The fourth-order valence-electron chi connectivity index (χ4n) is 3.18. The van der Waals surface area contributed by atoms with Crippen LogP contribution in [0.15, 0.2) is 60.1 Å². The highest BCUT2D eigenvalue weighted by Crippen LogP contribution is 2.31. The van der Waals surface area contributed by atoms with Gasteiger partial charge in [0.1, 0.15) is 5.76 Å². The summed E-state index contributed by atoms with van der Waals surface area (Å²) in [7, 11) is 1.91. The monoisotopic (exact) mass is 422 g/mol. The zero-order chi connectivity index (χ0) is 21.6. The Morgan fingerprint density at radius 2 is 2.10 bits per heavy atom. The molecule has 0 spiro atoms. The lowest BCUT2D eigenvalue weighted by molar-refractivity contribution is -0.174. The third-order valence-electron chi connectivity index (χ3n) is 4.84. The van der Waals surface area contributed by atoms with Crippen LogP contribution in [0.25, 0.3) is 0 Å². The van der Waals surface area contributed by atoms with E-state index in [2.05, 4.69) is 5.32 Å². The molecule has 0 saturated carbocycles. The fourth-order valence-corrected chi connectivity index (χ4v) is 3.18. The molecule has 3 rings (SSSR count). The first kappa shape index (κ1) is 22.0. The van der Waals surface area contributed by atoms with E-state index in [-0.39, 0.29) is 18.0 Å². The van der Waals surface area contributed by atoms with E-state index < -0.39 is 18.2 Å². The summed E-state index contributed by atoms with van der Waals surface area (Å²) in [5, 5.41) is 2.52. The molecular formula is C22H25F3N2O3. The van der Waals surface area contributed by atoms with E-state index in [1.807, 2.05) is 30.2 Å². The number of nitrogens with zero attached hydrogens (tertiary/aromatic N) is 1. The van der Waals surface area contributed by atoms with Crippen LogP contribution in [-0.2, 0) is 20.4 Å². The quantitative estimate of drug-likeness (QED) is 0.586. The van der Waals surface area contributed by atoms with Crippen molar-refractivity contribution in [3.63, 3.8) is 0 Å². The molecule has 1 aliphatic carbocycles. The number of unbranched alkanes of at least 4 members (excludes halogenated alkanes) is 2. The summed E-state index contributed by atoms with van der Waals surface area (Å²) < 4.78 is 49.7. The predicted octanol–water partition coefficient (Wildman–Crippen LogP) is 5.19. The first-order chi connectivity index (χ1) is 14.3. The summed E-state index contributed by atoms with van der Waals surface area (Å²) >= 11 is 0. The van der Waals surface area contributed by atoms with Gasteiger partial charge in [-0.25, -0.2) is 4.90 Å². The number of carbonyl (C=O) groups is 1. The van der Waals surface area contributed by atoms with E-state index >= 15 is 0 Å². The Hall–Kier alpha value is -2.74. The van der Waals surface area contributed by atoms with Crippen LogP contribution in [-0.4, -0.2) is 30.8 Å². The van der Waals surface area contributed by atoms with Gasteiger partial charge in [-0.1, -0.05) is 24.6 Å². The maximum Gasteiger partial charge on any atom is 0.416 e. The molecule has 2 aliphatic rings. The third-order valence-corrected chi connectivity index (χ3v) is 4.84. The molecule has 1 heterocycles. The summed E-state index contributed by atoms with van der Waals surface area (Å²) in [4.78, 5) is 13.9. The van der Waals surface area contributed by atoms with E-state index in [9.17, 15) is 18.0 Å². The Labute approximate surface area is 173 Å². The van der Waals surface area contributed by atoms with E-state index in [0.29, 0.717) is 6.42 Å². The molecular weight excluding hydrogens is 397 g/mol. The van der Waals surface area contributed by atoms with Crippen LogP contribution in [0.3, 0.4) is 0 Å². The van der Waals surface area contributed by atoms with Gasteiger partial charge in [-0.15, -0.1) is 0 Å². The van der Waals surface area contributed by atoms with Crippen LogP contribution in [0.5, 0.6) is 0 Å². The first-order valence-corrected chi connectivity index (χ1v) is 9.88. The Morgan fingerprint density at radius 1 is 1.27 bits per heavy atom. The number of anilines is 1. The highest BCUT2D eigenvalue weighted by molar-refractivity contribution is 5.90. The largest absolute Gasteiger partial charge is 0.449 e. The Balaban J connectivity index is 1.34. The molecule has 0 fully saturated rings. The molecule has 5 nitrogen and oxygen atoms in total. The average Bonchev–Trinajstić information content (AvgIpc) is 2.72. The van der Waals surface area contributed by atoms with Gasteiger partial charge in [0.25, 0.3) is 0 Å². The summed E-state index contributed by atoms with van der Waals surface area (Å²) in [5.74, 6) is 0.531. The number of ether oxygens (including phenoxy) is 2. The van der Waals surface area contributed by atoms with Gasteiger partial charge in [0.2, 0.25) is 5.91 Å². The second-order valence-corrected chi connectivity index (χ2v) is 7.29. The first-order valence-electron chi connectivity index (χ1n) is 9.88. The molecule has 30 heavy (non-hydrogen) atoms.